The number of H-pyrrole nitrogens is 1. The fraction of sp³-hybridized carbons (Fsp3) is 0.419. The van der Waals surface area contributed by atoms with E-state index in [2.05, 4.69) is 15.6 Å². The number of aromatic nitrogens is 1. The predicted molar refractivity (Wildman–Crippen MR) is 156 cm³/mol. The van der Waals surface area contributed by atoms with Crippen LogP contribution in [0.3, 0.4) is 0 Å². The number of hydrogen-bond acceptors (Lipinski definition) is 5. The van der Waals surface area contributed by atoms with Crippen LogP contribution in [-0.4, -0.2) is 69.4 Å². The zero-order chi connectivity index (χ0) is 29.5. The Bertz CT molecular complexity index is 1370. The van der Waals surface area contributed by atoms with E-state index in [4.69, 9.17) is 5.73 Å². The molecule has 10 nitrogen and oxygen atoms in total. The van der Waals surface area contributed by atoms with Gasteiger partial charge in [0.2, 0.25) is 17.7 Å². The molecular formula is C31H39N5O5. The second kappa shape index (κ2) is 13.5. The first kappa shape index (κ1) is 29.8. The standard InChI is InChI=1S/C31H39N5O5/c1-19(2)15-26(31(40)41)35-29(38)27-13-8-14-36(27)30(39)25(17-21-18-33-24-12-7-6-11-22(21)24)34-28(37)23(32)16-20-9-4-3-5-10-20/h3-7,9-12,18-19,23,25-27,33H,8,13-17,32H2,1-2H3,(H,34,37)(H,35,38)(H,40,41). The Morgan fingerprint density at radius 3 is 2.41 bits per heavy atom. The van der Waals surface area contributed by atoms with Crippen LogP contribution < -0.4 is 16.4 Å². The van der Waals surface area contributed by atoms with Crippen molar-refractivity contribution < 1.29 is 24.3 Å². The Kier molecular flexibility index (Phi) is 9.78. The maximum atomic E-state index is 14.0. The lowest BCUT2D eigenvalue weighted by Gasteiger charge is -2.30. The maximum Gasteiger partial charge on any atom is 0.326 e. The number of carbonyl (C=O) groups excluding carboxylic acids is 3. The third kappa shape index (κ3) is 7.52. The van der Waals surface area contributed by atoms with Crippen molar-refractivity contribution in [2.75, 3.05) is 6.54 Å². The summed E-state index contributed by atoms with van der Waals surface area (Å²) in [6.07, 6.45) is 3.60. The van der Waals surface area contributed by atoms with Crippen LogP contribution in [0.1, 0.15) is 44.2 Å². The molecule has 41 heavy (non-hydrogen) atoms. The number of para-hydroxylation sites is 1. The highest BCUT2D eigenvalue weighted by molar-refractivity contribution is 5.95. The van der Waals surface area contributed by atoms with E-state index in [-0.39, 0.29) is 18.8 Å². The van der Waals surface area contributed by atoms with Crippen LogP contribution >= 0.6 is 0 Å². The first-order chi connectivity index (χ1) is 19.6. The molecule has 4 atom stereocenters. The Morgan fingerprint density at radius 1 is 1.00 bits per heavy atom. The Hall–Kier alpha value is -4.18. The van der Waals surface area contributed by atoms with Gasteiger partial charge in [0.15, 0.2) is 0 Å². The van der Waals surface area contributed by atoms with Crippen molar-refractivity contribution in [3.05, 3.63) is 71.9 Å². The van der Waals surface area contributed by atoms with Gasteiger partial charge in [-0.3, -0.25) is 14.4 Å². The first-order valence-electron chi connectivity index (χ1n) is 14.1. The average molecular weight is 562 g/mol. The monoisotopic (exact) mass is 561 g/mol. The molecule has 0 bridgehead atoms. The van der Waals surface area contributed by atoms with Gasteiger partial charge >= 0.3 is 5.97 Å². The topological polar surface area (TPSA) is 158 Å². The summed E-state index contributed by atoms with van der Waals surface area (Å²) in [6, 6.07) is 13.4. The van der Waals surface area contributed by atoms with Crippen LogP contribution in [0.4, 0.5) is 0 Å². The number of benzene rings is 2. The van der Waals surface area contributed by atoms with E-state index in [0.29, 0.717) is 25.8 Å². The number of hydrogen-bond donors (Lipinski definition) is 5. The quantitative estimate of drug-likeness (QED) is 0.228. The Balaban J connectivity index is 1.54. The van der Waals surface area contributed by atoms with Crippen molar-refractivity contribution in [2.24, 2.45) is 11.7 Å². The number of likely N-dealkylation sites (tertiary alicyclic amines) is 1. The molecule has 1 saturated heterocycles. The van der Waals surface area contributed by atoms with E-state index >= 15 is 0 Å². The number of nitrogens with zero attached hydrogens (tertiary/aromatic N) is 1. The van der Waals surface area contributed by atoms with Gasteiger partial charge in [-0.2, -0.15) is 0 Å². The molecule has 2 aromatic carbocycles. The molecule has 0 spiro atoms. The molecule has 1 fully saturated rings. The molecule has 2 heterocycles. The van der Waals surface area contributed by atoms with Crippen molar-refractivity contribution in [1.29, 1.82) is 0 Å². The SMILES string of the molecule is CC(C)CC(NC(=O)C1CCCN1C(=O)C(Cc1c[nH]c2ccccc12)NC(=O)C(N)Cc1ccccc1)C(=O)O. The minimum atomic E-state index is -1.11. The molecule has 4 rings (SSSR count). The van der Waals surface area contributed by atoms with Crippen molar-refractivity contribution in [1.82, 2.24) is 20.5 Å². The third-order valence-electron chi connectivity index (χ3n) is 7.51. The van der Waals surface area contributed by atoms with Gasteiger partial charge in [0.1, 0.15) is 18.1 Å². The van der Waals surface area contributed by atoms with Crippen LogP contribution in [0.2, 0.25) is 0 Å². The number of amides is 3. The Labute approximate surface area is 239 Å². The second-order valence-corrected chi connectivity index (χ2v) is 11.1. The van der Waals surface area contributed by atoms with E-state index in [9.17, 15) is 24.3 Å². The van der Waals surface area contributed by atoms with Gasteiger partial charge in [-0.05, 0) is 48.8 Å². The summed E-state index contributed by atoms with van der Waals surface area (Å²) in [6.45, 7) is 4.09. The van der Waals surface area contributed by atoms with Gasteiger partial charge in [0.25, 0.3) is 0 Å². The van der Waals surface area contributed by atoms with E-state index in [0.717, 1.165) is 22.0 Å². The second-order valence-electron chi connectivity index (χ2n) is 11.1. The van der Waals surface area contributed by atoms with E-state index in [1.165, 1.54) is 4.90 Å². The number of carboxylic acid groups (broad SMARTS) is 1. The lowest BCUT2D eigenvalue weighted by atomic mass is 10.0. The first-order valence-corrected chi connectivity index (χ1v) is 14.1. The maximum absolute atomic E-state index is 14.0. The van der Waals surface area contributed by atoms with Crippen molar-refractivity contribution in [3.63, 3.8) is 0 Å². The van der Waals surface area contributed by atoms with Crippen LogP contribution in [0.15, 0.2) is 60.8 Å². The molecule has 0 radical (unpaired) electrons. The smallest absolute Gasteiger partial charge is 0.326 e. The number of nitrogens with one attached hydrogen (secondary N) is 3. The van der Waals surface area contributed by atoms with Crippen LogP contribution in [0, 0.1) is 5.92 Å². The van der Waals surface area contributed by atoms with Crippen molar-refractivity contribution in [3.8, 4) is 0 Å². The fourth-order valence-electron chi connectivity index (χ4n) is 5.42. The van der Waals surface area contributed by atoms with Gasteiger partial charge in [-0.25, -0.2) is 4.79 Å². The van der Waals surface area contributed by atoms with Gasteiger partial charge in [-0.15, -0.1) is 0 Å². The summed E-state index contributed by atoms with van der Waals surface area (Å²) in [5.74, 6) is -2.41. The van der Waals surface area contributed by atoms with Gasteiger partial charge in [0.05, 0.1) is 6.04 Å². The molecule has 1 aliphatic heterocycles. The van der Waals surface area contributed by atoms with Gasteiger partial charge in [0, 0.05) is 30.1 Å². The summed E-state index contributed by atoms with van der Waals surface area (Å²) in [5.41, 5.74) is 8.91. The van der Waals surface area contributed by atoms with Crippen LogP contribution in [0.25, 0.3) is 10.9 Å². The summed E-state index contributed by atoms with van der Waals surface area (Å²) in [4.78, 5) is 56.9. The molecule has 6 N–H and O–H groups in total. The van der Waals surface area contributed by atoms with Crippen molar-refractivity contribution in [2.45, 2.75) is 70.1 Å². The highest BCUT2D eigenvalue weighted by Crippen LogP contribution is 2.23. The molecule has 10 heteroatoms. The van der Waals surface area contributed by atoms with Crippen LogP contribution in [0.5, 0.6) is 0 Å². The van der Waals surface area contributed by atoms with Gasteiger partial charge < -0.3 is 31.4 Å². The molecule has 1 aliphatic rings. The number of aromatic amines is 1. The van der Waals surface area contributed by atoms with Crippen LogP contribution in [-0.2, 0) is 32.0 Å². The summed E-state index contributed by atoms with van der Waals surface area (Å²) >= 11 is 0. The highest BCUT2D eigenvalue weighted by atomic mass is 16.4. The molecular weight excluding hydrogens is 522 g/mol. The number of aliphatic carboxylic acids is 1. The number of fused-ring (bicyclic) bond motifs is 1. The number of nitrogens with two attached hydrogens (primary N) is 1. The fourth-order valence-corrected chi connectivity index (χ4v) is 5.42. The largest absolute Gasteiger partial charge is 0.480 e. The zero-order valence-electron chi connectivity index (χ0n) is 23.5. The van der Waals surface area contributed by atoms with Crippen molar-refractivity contribution >= 4 is 34.6 Å². The molecule has 0 aliphatic carbocycles. The minimum Gasteiger partial charge on any atom is -0.480 e. The summed E-state index contributed by atoms with van der Waals surface area (Å²) in [7, 11) is 0. The lowest BCUT2D eigenvalue weighted by Crippen LogP contribution is -2.57. The molecule has 3 aromatic rings. The molecule has 0 saturated carbocycles. The summed E-state index contributed by atoms with van der Waals surface area (Å²) < 4.78 is 0. The number of carbonyl (C=O) groups is 4. The zero-order valence-corrected chi connectivity index (χ0v) is 23.5. The molecule has 3 amide bonds. The predicted octanol–water partition coefficient (Wildman–Crippen LogP) is 2.37. The summed E-state index contributed by atoms with van der Waals surface area (Å²) in [5, 5.41) is 16.0. The Morgan fingerprint density at radius 2 is 1.71 bits per heavy atom. The highest BCUT2D eigenvalue weighted by Gasteiger charge is 2.39. The minimum absolute atomic E-state index is 0.0635. The van der Waals surface area contributed by atoms with E-state index in [1.807, 2.05) is 74.6 Å². The molecule has 1 aromatic heterocycles. The number of carboxylic acids is 1. The number of rotatable bonds is 12. The molecule has 218 valence electrons. The van der Waals surface area contributed by atoms with E-state index < -0.39 is 47.9 Å². The van der Waals surface area contributed by atoms with E-state index in [1.54, 1.807) is 0 Å². The average Bonchev–Trinajstić information content (AvgIpc) is 3.60. The molecule has 4 unspecified atom stereocenters. The lowest BCUT2D eigenvalue weighted by molar-refractivity contribution is -0.145. The van der Waals surface area contributed by atoms with Gasteiger partial charge in [-0.1, -0.05) is 62.4 Å². The normalized spacial score (nSPS) is 17.3. The third-order valence-corrected chi connectivity index (χ3v) is 7.51.